The van der Waals surface area contributed by atoms with Crippen LogP contribution in [0.1, 0.15) is 36.8 Å². The number of nitrogens with one attached hydrogen (secondary N) is 2. The van der Waals surface area contributed by atoms with Gasteiger partial charge < -0.3 is 20.8 Å². The van der Waals surface area contributed by atoms with Gasteiger partial charge in [-0.3, -0.25) is 4.79 Å². The van der Waals surface area contributed by atoms with E-state index in [4.69, 9.17) is 10.5 Å². The molecule has 0 bridgehead atoms. The van der Waals surface area contributed by atoms with Gasteiger partial charge in [-0.1, -0.05) is 32.0 Å². The van der Waals surface area contributed by atoms with Crippen molar-refractivity contribution < 1.29 is 14.3 Å². The molecule has 1 aromatic carbocycles. The van der Waals surface area contributed by atoms with Gasteiger partial charge in [-0.05, 0) is 43.2 Å². The minimum atomic E-state index is -0.483. The van der Waals surface area contributed by atoms with E-state index in [-0.39, 0.29) is 12.3 Å². The molecule has 6 nitrogen and oxygen atoms in total. The number of para-hydroxylation sites is 1. The Morgan fingerprint density at radius 2 is 1.80 bits per heavy atom. The molecule has 1 amide bonds. The number of anilines is 1. The van der Waals surface area contributed by atoms with E-state index < -0.39 is 11.9 Å². The van der Waals surface area contributed by atoms with Gasteiger partial charge >= 0.3 is 5.97 Å². The second kappa shape index (κ2) is 9.97. The maximum Gasteiger partial charge on any atom is 0.355 e. The summed E-state index contributed by atoms with van der Waals surface area (Å²) in [4.78, 5) is 26.8. The number of esters is 1. The predicted molar refractivity (Wildman–Crippen MR) is 99.1 cm³/mol. The minimum absolute atomic E-state index is 0.0323. The lowest BCUT2D eigenvalue weighted by Gasteiger charge is -2.09. The molecule has 0 aliphatic carbocycles. The van der Waals surface area contributed by atoms with E-state index in [1.807, 2.05) is 32.0 Å². The standard InChI is InChI=1S/C17H19N3O3.C2H6/c1-11-8-9-19-15(11)17(22)23-10-12(2)14(18)16(21)20-13-6-4-3-5-7-13;1-2/h3-9,19H,10,18H2,1-2H3,(H,20,21);1-2H3/b14-12-;. The zero-order valence-corrected chi connectivity index (χ0v) is 15.1. The summed E-state index contributed by atoms with van der Waals surface area (Å²) in [6, 6.07) is 10.8. The molecule has 2 rings (SSSR count). The van der Waals surface area contributed by atoms with Crippen LogP contribution in [0.2, 0.25) is 0 Å². The third-order valence-electron chi connectivity index (χ3n) is 3.32. The Kier molecular flexibility index (Phi) is 7.99. The topological polar surface area (TPSA) is 97.2 Å². The summed E-state index contributed by atoms with van der Waals surface area (Å²) in [7, 11) is 0. The summed E-state index contributed by atoms with van der Waals surface area (Å²) in [6.45, 7) is 7.40. The van der Waals surface area contributed by atoms with Gasteiger partial charge in [-0.25, -0.2) is 4.79 Å². The second-order valence-corrected chi connectivity index (χ2v) is 5.13. The monoisotopic (exact) mass is 343 g/mol. The Labute approximate surface area is 148 Å². The van der Waals surface area contributed by atoms with E-state index in [0.717, 1.165) is 5.56 Å². The van der Waals surface area contributed by atoms with E-state index >= 15 is 0 Å². The van der Waals surface area contributed by atoms with E-state index in [0.29, 0.717) is 17.0 Å². The first-order valence-corrected chi connectivity index (χ1v) is 8.11. The molecule has 0 radical (unpaired) electrons. The first kappa shape index (κ1) is 20.0. The molecule has 0 saturated carbocycles. The number of benzene rings is 1. The molecule has 0 saturated heterocycles. The molecule has 4 N–H and O–H groups in total. The molecule has 1 heterocycles. The van der Waals surface area contributed by atoms with Gasteiger partial charge in [0.15, 0.2) is 0 Å². The van der Waals surface area contributed by atoms with Crippen molar-refractivity contribution in [2.75, 3.05) is 11.9 Å². The van der Waals surface area contributed by atoms with Crippen molar-refractivity contribution in [1.29, 1.82) is 0 Å². The molecule has 0 spiro atoms. The van der Waals surface area contributed by atoms with Gasteiger partial charge in [0.25, 0.3) is 5.91 Å². The molecule has 25 heavy (non-hydrogen) atoms. The number of ether oxygens (including phenoxy) is 1. The lowest BCUT2D eigenvalue weighted by Crippen LogP contribution is -2.23. The molecule has 0 aliphatic rings. The number of nitrogens with two attached hydrogens (primary N) is 1. The summed E-state index contributed by atoms with van der Waals surface area (Å²) >= 11 is 0. The number of aromatic nitrogens is 1. The Bertz CT molecular complexity index is 733. The van der Waals surface area contributed by atoms with Gasteiger partial charge in [-0.15, -0.1) is 0 Å². The third-order valence-corrected chi connectivity index (χ3v) is 3.32. The zero-order valence-electron chi connectivity index (χ0n) is 15.1. The van der Waals surface area contributed by atoms with E-state index in [1.54, 1.807) is 38.2 Å². The van der Waals surface area contributed by atoms with Gasteiger partial charge in [0.2, 0.25) is 0 Å². The van der Waals surface area contributed by atoms with E-state index in [1.165, 1.54) is 0 Å². The largest absolute Gasteiger partial charge is 0.456 e. The zero-order chi connectivity index (χ0) is 18.8. The van der Waals surface area contributed by atoms with E-state index in [9.17, 15) is 9.59 Å². The average Bonchev–Trinajstić information content (AvgIpc) is 3.07. The minimum Gasteiger partial charge on any atom is -0.456 e. The lowest BCUT2D eigenvalue weighted by molar-refractivity contribution is -0.113. The van der Waals surface area contributed by atoms with Crippen LogP contribution in [0, 0.1) is 6.92 Å². The fourth-order valence-electron chi connectivity index (χ4n) is 1.90. The van der Waals surface area contributed by atoms with Crippen molar-refractivity contribution in [1.82, 2.24) is 4.98 Å². The summed E-state index contributed by atoms with van der Waals surface area (Å²) < 4.78 is 5.16. The van der Waals surface area contributed by atoms with Crippen LogP contribution in [-0.2, 0) is 9.53 Å². The maximum atomic E-state index is 12.0. The number of aromatic amines is 1. The summed E-state index contributed by atoms with van der Waals surface area (Å²) in [6.07, 6.45) is 1.66. The van der Waals surface area contributed by atoms with Crippen molar-refractivity contribution >= 4 is 17.6 Å². The highest BCUT2D eigenvalue weighted by molar-refractivity contribution is 6.03. The third kappa shape index (κ3) is 5.84. The summed E-state index contributed by atoms with van der Waals surface area (Å²) in [5, 5.41) is 2.68. The van der Waals surface area contributed by atoms with Crippen LogP contribution in [-0.4, -0.2) is 23.5 Å². The molecule has 0 atom stereocenters. The molecule has 134 valence electrons. The average molecular weight is 343 g/mol. The van der Waals surface area contributed by atoms with Crippen molar-refractivity contribution in [3.63, 3.8) is 0 Å². The maximum absolute atomic E-state index is 12.0. The SMILES string of the molecule is C/C(COC(=O)c1[nH]ccc1C)=C(/N)C(=O)Nc1ccccc1.CC. The van der Waals surface area contributed by atoms with E-state index in [2.05, 4.69) is 10.3 Å². The van der Waals surface area contributed by atoms with Crippen molar-refractivity contribution in [3.8, 4) is 0 Å². The lowest BCUT2D eigenvalue weighted by atomic mass is 10.2. The number of rotatable bonds is 5. The molecular weight excluding hydrogens is 318 g/mol. The smallest absolute Gasteiger partial charge is 0.355 e. The van der Waals surface area contributed by atoms with Crippen molar-refractivity contribution in [2.45, 2.75) is 27.7 Å². The van der Waals surface area contributed by atoms with Gasteiger partial charge in [-0.2, -0.15) is 0 Å². The molecule has 0 unspecified atom stereocenters. The molecule has 0 aliphatic heterocycles. The highest BCUT2D eigenvalue weighted by Gasteiger charge is 2.14. The highest BCUT2D eigenvalue weighted by Crippen LogP contribution is 2.10. The number of carbonyl (C=O) groups is 2. The number of hydrogen-bond donors (Lipinski definition) is 3. The van der Waals surface area contributed by atoms with Crippen LogP contribution in [0.5, 0.6) is 0 Å². The number of hydrogen-bond acceptors (Lipinski definition) is 4. The number of H-pyrrole nitrogens is 1. The number of aryl methyl sites for hydroxylation is 1. The van der Waals surface area contributed by atoms with Crippen LogP contribution in [0.25, 0.3) is 0 Å². The fraction of sp³-hybridized carbons (Fsp3) is 0.263. The Morgan fingerprint density at radius 3 is 2.36 bits per heavy atom. The molecule has 6 heteroatoms. The summed E-state index contributed by atoms with van der Waals surface area (Å²) in [5.74, 6) is -0.913. The molecule has 2 aromatic rings. The van der Waals surface area contributed by atoms with Gasteiger partial charge in [0.05, 0.1) is 5.70 Å². The van der Waals surface area contributed by atoms with Gasteiger partial charge in [0, 0.05) is 11.9 Å². The Balaban J connectivity index is 0.00000151. The Morgan fingerprint density at radius 1 is 1.16 bits per heavy atom. The van der Waals surface area contributed by atoms with Crippen LogP contribution in [0.4, 0.5) is 5.69 Å². The molecular formula is C19H25N3O3. The Hall–Kier alpha value is -3.02. The first-order chi connectivity index (χ1) is 12.0. The number of carbonyl (C=O) groups excluding carboxylic acids is 2. The van der Waals surface area contributed by atoms with Gasteiger partial charge in [0.1, 0.15) is 12.3 Å². The van der Waals surface area contributed by atoms with Crippen molar-refractivity contribution in [3.05, 3.63) is 65.1 Å². The molecule has 1 aromatic heterocycles. The molecule has 0 fully saturated rings. The van der Waals surface area contributed by atoms with Crippen LogP contribution in [0.3, 0.4) is 0 Å². The highest BCUT2D eigenvalue weighted by atomic mass is 16.5. The first-order valence-electron chi connectivity index (χ1n) is 8.11. The van der Waals surface area contributed by atoms with Crippen molar-refractivity contribution in [2.24, 2.45) is 5.73 Å². The fourth-order valence-corrected chi connectivity index (χ4v) is 1.90. The second-order valence-electron chi connectivity index (χ2n) is 5.13. The van der Waals surface area contributed by atoms with Crippen LogP contribution in [0.15, 0.2) is 53.9 Å². The van der Waals surface area contributed by atoms with Crippen LogP contribution < -0.4 is 11.1 Å². The predicted octanol–water partition coefficient (Wildman–Crippen LogP) is 3.38. The number of amides is 1. The van der Waals surface area contributed by atoms with Crippen LogP contribution >= 0.6 is 0 Å². The quantitative estimate of drug-likeness (QED) is 0.572. The summed E-state index contributed by atoms with van der Waals surface area (Å²) in [5.41, 5.74) is 8.16. The normalized spacial score (nSPS) is 10.9.